The number of fused-ring (bicyclic) bond motifs is 1. The molecule has 3 aromatic heterocycles. The summed E-state index contributed by atoms with van der Waals surface area (Å²) in [5, 5.41) is 5.48. The zero-order chi connectivity index (χ0) is 14.8. The molecule has 0 aliphatic carbocycles. The lowest BCUT2D eigenvalue weighted by atomic mass is 10.3. The van der Waals surface area contributed by atoms with E-state index in [9.17, 15) is 0 Å². The second-order valence-corrected chi connectivity index (χ2v) is 6.75. The molecule has 0 bridgehead atoms. The van der Waals surface area contributed by atoms with Gasteiger partial charge in [0.25, 0.3) is 0 Å². The van der Waals surface area contributed by atoms with Crippen LogP contribution in [0, 0.1) is 6.92 Å². The van der Waals surface area contributed by atoms with Gasteiger partial charge in [0, 0.05) is 30.0 Å². The first-order valence-corrected chi connectivity index (χ1v) is 8.72. The number of nitrogens with one attached hydrogen (secondary N) is 1. The predicted molar refractivity (Wildman–Crippen MR) is 89.4 cm³/mol. The van der Waals surface area contributed by atoms with Crippen LogP contribution in [-0.4, -0.2) is 28.0 Å². The average molecular weight is 321 g/mol. The molecular formula is C14H19N5S2. The molecule has 0 amide bonds. The molecule has 1 N–H and O–H groups in total. The van der Waals surface area contributed by atoms with E-state index in [-0.39, 0.29) is 0 Å². The van der Waals surface area contributed by atoms with Gasteiger partial charge in [0.15, 0.2) is 10.8 Å². The van der Waals surface area contributed by atoms with Gasteiger partial charge in [-0.3, -0.25) is 4.40 Å². The second kappa shape index (κ2) is 6.13. The van der Waals surface area contributed by atoms with E-state index in [0.717, 1.165) is 36.1 Å². The monoisotopic (exact) mass is 321 g/mol. The Kier molecular flexibility index (Phi) is 4.23. The molecule has 0 aliphatic rings. The van der Waals surface area contributed by atoms with Crippen LogP contribution < -0.4 is 10.2 Å². The molecular weight excluding hydrogens is 302 g/mol. The van der Waals surface area contributed by atoms with Crippen LogP contribution in [0.2, 0.25) is 0 Å². The highest BCUT2D eigenvalue weighted by molar-refractivity contribution is 7.15. The highest BCUT2D eigenvalue weighted by Gasteiger charge is 2.17. The van der Waals surface area contributed by atoms with Crippen molar-refractivity contribution in [1.29, 1.82) is 0 Å². The molecule has 0 saturated heterocycles. The van der Waals surface area contributed by atoms with Crippen molar-refractivity contribution in [2.45, 2.75) is 26.9 Å². The fourth-order valence-corrected chi connectivity index (χ4v) is 3.86. The molecule has 0 spiro atoms. The highest BCUT2D eigenvalue weighted by Crippen LogP contribution is 2.26. The first-order valence-electron chi connectivity index (χ1n) is 6.96. The Morgan fingerprint density at radius 1 is 1.38 bits per heavy atom. The van der Waals surface area contributed by atoms with Gasteiger partial charge in [-0.1, -0.05) is 6.92 Å². The third-order valence-electron chi connectivity index (χ3n) is 3.47. The summed E-state index contributed by atoms with van der Waals surface area (Å²) in [5.74, 6) is 1.05. The van der Waals surface area contributed by atoms with Crippen molar-refractivity contribution in [2.24, 2.45) is 0 Å². The zero-order valence-electron chi connectivity index (χ0n) is 12.5. The molecule has 3 aromatic rings. The van der Waals surface area contributed by atoms with Crippen molar-refractivity contribution in [3.05, 3.63) is 33.4 Å². The number of hydrogen-bond donors (Lipinski definition) is 1. The molecule has 21 heavy (non-hydrogen) atoms. The number of nitrogens with zero attached hydrogens (tertiary/aromatic N) is 4. The van der Waals surface area contributed by atoms with Crippen LogP contribution in [0.3, 0.4) is 0 Å². The molecule has 112 valence electrons. The second-order valence-electron chi connectivity index (χ2n) is 4.94. The van der Waals surface area contributed by atoms with E-state index in [4.69, 9.17) is 4.98 Å². The van der Waals surface area contributed by atoms with E-state index in [0.29, 0.717) is 0 Å². The number of imidazole rings is 1. The third-order valence-corrected chi connectivity index (χ3v) is 5.15. The van der Waals surface area contributed by atoms with Gasteiger partial charge < -0.3 is 10.2 Å². The molecule has 0 radical (unpaired) electrons. The van der Waals surface area contributed by atoms with Gasteiger partial charge in [0.2, 0.25) is 0 Å². The van der Waals surface area contributed by atoms with Gasteiger partial charge in [-0.05, 0) is 13.5 Å². The van der Waals surface area contributed by atoms with Crippen molar-refractivity contribution in [3.8, 4) is 0 Å². The van der Waals surface area contributed by atoms with E-state index < -0.39 is 0 Å². The molecule has 0 unspecified atom stereocenters. The summed E-state index contributed by atoms with van der Waals surface area (Å²) in [5.41, 5.74) is 4.24. The first kappa shape index (κ1) is 14.5. The van der Waals surface area contributed by atoms with Gasteiger partial charge in [0.1, 0.15) is 0 Å². The number of rotatable bonds is 6. The van der Waals surface area contributed by atoms with Gasteiger partial charge in [0.05, 0.1) is 23.4 Å². The minimum atomic E-state index is 0.829. The minimum absolute atomic E-state index is 0.829. The molecule has 3 rings (SSSR count). The largest absolute Gasteiger partial charge is 0.353 e. The molecule has 5 nitrogen and oxygen atoms in total. The number of thiazole rings is 2. The van der Waals surface area contributed by atoms with Crippen molar-refractivity contribution in [2.75, 3.05) is 18.5 Å². The van der Waals surface area contributed by atoms with Gasteiger partial charge in [-0.2, -0.15) is 0 Å². The Balaban J connectivity index is 1.91. The van der Waals surface area contributed by atoms with E-state index >= 15 is 0 Å². The maximum Gasteiger partial charge on any atom is 0.195 e. The Morgan fingerprint density at radius 3 is 2.95 bits per heavy atom. The molecule has 0 fully saturated rings. The highest BCUT2D eigenvalue weighted by atomic mass is 32.1. The van der Waals surface area contributed by atoms with Crippen LogP contribution in [0.25, 0.3) is 4.96 Å². The lowest BCUT2D eigenvalue weighted by Crippen LogP contribution is -2.21. The molecule has 3 heterocycles. The fourth-order valence-electron chi connectivity index (χ4n) is 2.30. The summed E-state index contributed by atoms with van der Waals surface area (Å²) < 4.78 is 2.18. The molecule has 0 atom stereocenters. The van der Waals surface area contributed by atoms with Crippen molar-refractivity contribution >= 4 is 33.5 Å². The van der Waals surface area contributed by atoms with E-state index in [2.05, 4.69) is 52.1 Å². The van der Waals surface area contributed by atoms with Crippen molar-refractivity contribution in [3.63, 3.8) is 0 Å². The average Bonchev–Trinajstić information content (AvgIpc) is 3.14. The summed E-state index contributed by atoms with van der Waals surface area (Å²) in [6.07, 6.45) is 2.09. The Bertz CT molecular complexity index is 727. The topological polar surface area (TPSA) is 45.5 Å². The molecule has 0 aliphatic heterocycles. The van der Waals surface area contributed by atoms with Crippen molar-refractivity contribution in [1.82, 2.24) is 19.7 Å². The van der Waals surface area contributed by atoms with Gasteiger partial charge in [-0.25, -0.2) is 9.97 Å². The summed E-state index contributed by atoms with van der Waals surface area (Å²) in [6.45, 7) is 6.81. The number of aryl methyl sites for hydroxylation is 1. The Hall–Kier alpha value is -1.44. The smallest absolute Gasteiger partial charge is 0.195 e. The SMILES string of the molecule is CCNCc1c(N(C)Cc2scnc2C)nc2sccn12. The molecule has 0 aromatic carbocycles. The maximum absolute atomic E-state index is 4.79. The molecule has 7 heteroatoms. The Labute approximate surface area is 132 Å². The van der Waals surface area contributed by atoms with Crippen LogP contribution in [0.4, 0.5) is 5.82 Å². The number of aromatic nitrogens is 3. The van der Waals surface area contributed by atoms with Crippen LogP contribution in [-0.2, 0) is 13.1 Å². The van der Waals surface area contributed by atoms with Crippen LogP contribution >= 0.6 is 22.7 Å². The van der Waals surface area contributed by atoms with Crippen molar-refractivity contribution < 1.29 is 0 Å². The van der Waals surface area contributed by atoms with E-state index in [1.54, 1.807) is 22.7 Å². The summed E-state index contributed by atoms with van der Waals surface area (Å²) >= 11 is 3.38. The van der Waals surface area contributed by atoms with E-state index in [1.807, 2.05) is 5.51 Å². The Morgan fingerprint density at radius 2 is 2.24 bits per heavy atom. The quantitative estimate of drug-likeness (QED) is 0.758. The predicted octanol–water partition coefficient (Wildman–Crippen LogP) is 2.91. The third kappa shape index (κ3) is 2.81. The fraction of sp³-hybridized carbons (Fsp3) is 0.429. The summed E-state index contributed by atoms with van der Waals surface area (Å²) in [6, 6.07) is 0. The van der Waals surface area contributed by atoms with Gasteiger partial charge in [-0.15, -0.1) is 22.7 Å². The number of hydrogen-bond acceptors (Lipinski definition) is 6. The van der Waals surface area contributed by atoms with Crippen LogP contribution in [0.5, 0.6) is 0 Å². The zero-order valence-corrected chi connectivity index (χ0v) is 14.1. The standard InChI is InChI=1S/C14H19N5S2/c1-4-15-7-11-13(17-14-19(11)5-6-20-14)18(3)8-12-10(2)16-9-21-12/h5-6,9,15H,4,7-8H2,1-3H3. The van der Waals surface area contributed by atoms with Crippen LogP contribution in [0.1, 0.15) is 23.2 Å². The minimum Gasteiger partial charge on any atom is -0.353 e. The van der Waals surface area contributed by atoms with E-state index in [1.165, 1.54) is 10.6 Å². The normalized spacial score (nSPS) is 11.4. The lowest BCUT2D eigenvalue weighted by Gasteiger charge is -2.18. The van der Waals surface area contributed by atoms with Gasteiger partial charge >= 0.3 is 0 Å². The number of anilines is 1. The first-order chi connectivity index (χ1) is 10.2. The summed E-state index contributed by atoms with van der Waals surface area (Å²) in [4.78, 5) is 13.7. The lowest BCUT2D eigenvalue weighted by molar-refractivity contribution is 0.702. The van der Waals surface area contributed by atoms with Crippen LogP contribution in [0.15, 0.2) is 17.1 Å². The summed E-state index contributed by atoms with van der Waals surface area (Å²) in [7, 11) is 2.10. The molecule has 0 saturated carbocycles. The maximum atomic E-state index is 4.79.